The minimum Gasteiger partial charge on any atom is -0.490 e. The minimum atomic E-state index is -1.05. The van der Waals surface area contributed by atoms with Crippen molar-refractivity contribution >= 4 is 41.0 Å². The molecule has 3 aromatic carbocycles. The van der Waals surface area contributed by atoms with E-state index in [0.29, 0.717) is 28.4 Å². The highest BCUT2D eigenvalue weighted by atomic mass is 16.6. The van der Waals surface area contributed by atoms with E-state index in [9.17, 15) is 24.5 Å². The third kappa shape index (κ3) is 8.73. The number of rotatable bonds is 12. The maximum atomic E-state index is 13.5. The van der Waals surface area contributed by atoms with Gasteiger partial charge in [0.1, 0.15) is 31.5 Å². The first-order chi connectivity index (χ1) is 21.6. The fraction of sp³-hybridized carbons (Fsp3) is 0.235. The first-order valence-electron chi connectivity index (χ1n) is 14.2. The van der Waals surface area contributed by atoms with Gasteiger partial charge in [0.15, 0.2) is 0 Å². The van der Waals surface area contributed by atoms with E-state index in [1.807, 2.05) is 36.4 Å². The second-order valence-electron chi connectivity index (χ2n) is 10.2. The van der Waals surface area contributed by atoms with Crippen molar-refractivity contribution in [2.45, 2.75) is 26.7 Å². The van der Waals surface area contributed by atoms with Crippen LogP contribution < -0.4 is 10.1 Å². The molecule has 1 unspecified atom stereocenters. The number of nitro benzene ring substituents is 1. The number of nitro groups is 1. The first-order valence-corrected chi connectivity index (χ1v) is 14.2. The van der Waals surface area contributed by atoms with Gasteiger partial charge in [0, 0.05) is 42.1 Å². The van der Waals surface area contributed by atoms with Crippen molar-refractivity contribution in [2.24, 2.45) is 10.9 Å². The third-order valence-corrected chi connectivity index (χ3v) is 6.93. The monoisotopic (exact) mass is 611 g/mol. The topological polar surface area (TPSA) is 146 Å². The number of esters is 2. The lowest BCUT2D eigenvalue weighted by Crippen LogP contribution is -2.37. The van der Waals surface area contributed by atoms with Crippen molar-refractivity contribution in [2.75, 3.05) is 25.1 Å². The summed E-state index contributed by atoms with van der Waals surface area (Å²) in [6.07, 6.45) is 3.51. The molecule has 0 bridgehead atoms. The molecule has 0 fully saturated rings. The second kappa shape index (κ2) is 15.2. The molecular formula is C34H33N3O8. The van der Waals surface area contributed by atoms with E-state index in [2.05, 4.69) is 10.3 Å². The lowest BCUT2D eigenvalue weighted by Gasteiger charge is -2.31. The quantitative estimate of drug-likeness (QED) is 0.116. The van der Waals surface area contributed by atoms with Gasteiger partial charge in [0.25, 0.3) is 5.69 Å². The largest absolute Gasteiger partial charge is 0.490 e. The van der Waals surface area contributed by atoms with Crippen molar-refractivity contribution in [3.8, 4) is 5.75 Å². The molecule has 0 aliphatic carbocycles. The number of anilines is 1. The van der Waals surface area contributed by atoms with Crippen LogP contribution in [0.2, 0.25) is 0 Å². The second-order valence-corrected chi connectivity index (χ2v) is 10.2. The lowest BCUT2D eigenvalue weighted by molar-refractivity contribution is -0.384. The Morgan fingerprint density at radius 1 is 0.956 bits per heavy atom. The summed E-state index contributed by atoms with van der Waals surface area (Å²) in [7, 11) is 0. The van der Waals surface area contributed by atoms with Crippen LogP contribution in [-0.2, 0) is 23.9 Å². The Balaban J connectivity index is 1.51. The summed E-state index contributed by atoms with van der Waals surface area (Å²) in [6.45, 7) is 4.59. The maximum absolute atomic E-state index is 13.5. The number of carbonyl (C=O) groups is 3. The summed E-state index contributed by atoms with van der Waals surface area (Å²) in [5.41, 5.74) is 2.60. The van der Waals surface area contributed by atoms with Crippen molar-refractivity contribution in [3.05, 3.63) is 117 Å². The van der Waals surface area contributed by atoms with E-state index in [-0.39, 0.29) is 37.0 Å². The van der Waals surface area contributed by atoms with Gasteiger partial charge >= 0.3 is 11.9 Å². The van der Waals surface area contributed by atoms with Crippen LogP contribution in [0.25, 0.3) is 6.08 Å². The molecule has 2 atom stereocenters. The summed E-state index contributed by atoms with van der Waals surface area (Å²) in [5, 5.41) is 14.3. The zero-order valence-corrected chi connectivity index (χ0v) is 25.1. The molecule has 0 saturated carbocycles. The smallest absolute Gasteiger partial charge is 0.336 e. The molecule has 3 aromatic rings. The molecule has 4 rings (SSSR count). The van der Waals surface area contributed by atoms with E-state index in [4.69, 9.17) is 14.2 Å². The van der Waals surface area contributed by atoms with Crippen LogP contribution in [-0.4, -0.2) is 48.3 Å². The average Bonchev–Trinajstić information content (AvgIpc) is 3.02. The highest BCUT2D eigenvalue weighted by molar-refractivity contribution is 6.07. The molecule has 0 spiro atoms. The average molecular weight is 612 g/mol. The van der Waals surface area contributed by atoms with Crippen molar-refractivity contribution in [3.63, 3.8) is 0 Å². The fourth-order valence-corrected chi connectivity index (χ4v) is 4.98. The van der Waals surface area contributed by atoms with Gasteiger partial charge in [-0.15, -0.1) is 0 Å². The molecule has 0 radical (unpaired) electrons. The van der Waals surface area contributed by atoms with Crippen molar-refractivity contribution < 1.29 is 33.5 Å². The van der Waals surface area contributed by atoms with Gasteiger partial charge in [0.05, 0.1) is 10.5 Å². The van der Waals surface area contributed by atoms with Crippen LogP contribution in [0.15, 0.2) is 101 Å². The predicted octanol–water partition coefficient (Wildman–Crippen LogP) is 5.88. The number of non-ortho nitro benzene ring substituents is 1. The summed E-state index contributed by atoms with van der Waals surface area (Å²) >= 11 is 0. The van der Waals surface area contributed by atoms with Gasteiger partial charge in [-0.25, -0.2) is 4.79 Å². The Morgan fingerprint density at radius 3 is 2.38 bits per heavy atom. The van der Waals surface area contributed by atoms with Crippen LogP contribution in [0.3, 0.4) is 0 Å². The Bertz CT molecular complexity index is 1650. The molecule has 232 valence electrons. The number of allylic oxidation sites excluding steroid dienone is 1. The summed E-state index contributed by atoms with van der Waals surface area (Å²) < 4.78 is 16.8. The Hall–Kier alpha value is -5.58. The number of amides is 1. The maximum Gasteiger partial charge on any atom is 0.336 e. The number of aliphatic imine (C=N–C) groups is 1. The number of hydrogen-bond donors (Lipinski definition) is 1. The molecule has 45 heavy (non-hydrogen) atoms. The van der Waals surface area contributed by atoms with E-state index >= 15 is 0 Å². The number of nitrogens with zero attached hydrogens (tertiary/aromatic N) is 2. The fourth-order valence-electron chi connectivity index (χ4n) is 4.98. The third-order valence-electron chi connectivity index (χ3n) is 6.93. The minimum absolute atomic E-state index is 0.0346. The molecule has 1 heterocycles. The van der Waals surface area contributed by atoms with Crippen LogP contribution in [0.1, 0.15) is 37.8 Å². The molecular weight excluding hydrogens is 578 g/mol. The number of benzene rings is 3. The molecule has 1 amide bonds. The van der Waals surface area contributed by atoms with Crippen molar-refractivity contribution in [1.29, 1.82) is 0 Å². The molecule has 0 saturated heterocycles. The van der Waals surface area contributed by atoms with Crippen LogP contribution in [0.5, 0.6) is 5.75 Å². The first kappa shape index (κ1) is 32.3. The lowest BCUT2D eigenvalue weighted by atomic mass is 9.75. The standard InChI is InChI=1S/C34H33N3O8/c1-22-30(33(39)44-18-8-11-25-9-5-4-6-10-25)32(26-12-7-13-28(21-26)37(41)42)31(23(2)35-22)34(40)45-20-19-43-29-16-14-27(15-17-29)36-24(3)38/h4-17,21,31-32H,18-20H2,1-3H3,(H,36,38)/b11-8+/t31?,32-/m1/s1. The van der Waals surface area contributed by atoms with Gasteiger partial charge in [-0.3, -0.25) is 24.7 Å². The van der Waals surface area contributed by atoms with E-state index in [1.165, 1.54) is 25.1 Å². The molecule has 11 nitrogen and oxygen atoms in total. The zero-order chi connectivity index (χ0) is 32.3. The Kier molecular flexibility index (Phi) is 10.9. The molecule has 11 heteroatoms. The van der Waals surface area contributed by atoms with Crippen molar-refractivity contribution in [1.82, 2.24) is 0 Å². The molecule has 1 N–H and O–H groups in total. The summed E-state index contributed by atoms with van der Waals surface area (Å²) in [4.78, 5) is 53.8. The van der Waals surface area contributed by atoms with Crippen LogP contribution in [0.4, 0.5) is 11.4 Å². The molecule has 0 aromatic heterocycles. The van der Waals surface area contributed by atoms with E-state index in [1.54, 1.807) is 50.3 Å². The highest BCUT2D eigenvalue weighted by Gasteiger charge is 2.42. The van der Waals surface area contributed by atoms with Gasteiger partial charge < -0.3 is 19.5 Å². The van der Waals surface area contributed by atoms with Gasteiger partial charge in [-0.1, -0.05) is 48.5 Å². The van der Waals surface area contributed by atoms with Crippen LogP contribution >= 0.6 is 0 Å². The molecule has 1 aliphatic rings. The summed E-state index contributed by atoms with van der Waals surface area (Å²) in [5.74, 6) is -3.03. The zero-order valence-electron chi connectivity index (χ0n) is 25.1. The Morgan fingerprint density at radius 2 is 1.69 bits per heavy atom. The number of hydrogen-bond acceptors (Lipinski definition) is 9. The van der Waals surface area contributed by atoms with Crippen LogP contribution in [0, 0.1) is 16.0 Å². The van der Waals surface area contributed by atoms with Gasteiger partial charge in [0.2, 0.25) is 5.91 Å². The SMILES string of the molecule is CC(=O)Nc1ccc(OCCOC(=O)C2C(C)=NC(C)=C(C(=O)OC/C=C/c3ccccc3)[C@H]2c2cccc([N+](=O)[O-])c2)cc1. The number of ether oxygens (including phenoxy) is 3. The van der Waals surface area contributed by atoms with Gasteiger partial charge in [-0.05, 0) is 55.3 Å². The van der Waals surface area contributed by atoms with E-state index < -0.39 is 28.7 Å². The number of nitrogens with one attached hydrogen (secondary N) is 1. The Labute approximate surface area is 260 Å². The summed E-state index contributed by atoms with van der Waals surface area (Å²) in [6, 6.07) is 22.0. The number of carbonyl (C=O) groups excluding carboxylic acids is 3. The normalized spacial score (nSPS) is 16.1. The van der Waals surface area contributed by atoms with Gasteiger partial charge in [-0.2, -0.15) is 0 Å². The predicted molar refractivity (Wildman–Crippen MR) is 169 cm³/mol. The highest BCUT2D eigenvalue weighted by Crippen LogP contribution is 2.41. The van der Waals surface area contributed by atoms with E-state index in [0.717, 1.165) is 5.56 Å². The molecule has 1 aliphatic heterocycles.